The van der Waals surface area contributed by atoms with E-state index in [4.69, 9.17) is 5.73 Å². The molecule has 0 radical (unpaired) electrons. The summed E-state index contributed by atoms with van der Waals surface area (Å²) in [4.78, 5) is 12.0. The third-order valence-corrected chi connectivity index (χ3v) is 4.33. The summed E-state index contributed by atoms with van der Waals surface area (Å²) >= 11 is 0. The van der Waals surface area contributed by atoms with E-state index in [0.29, 0.717) is 11.4 Å². The quantitative estimate of drug-likeness (QED) is 0.771. The van der Waals surface area contributed by atoms with Crippen molar-refractivity contribution in [3.63, 3.8) is 0 Å². The predicted octanol–water partition coefficient (Wildman–Crippen LogP) is 1.76. The smallest absolute Gasteiger partial charge is 0.241 e. The molecule has 0 saturated heterocycles. The summed E-state index contributed by atoms with van der Waals surface area (Å²) in [5.74, 6) is -0.268. The maximum Gasteiger partial charge on any atom is 0.241 e. The highest BCUT2D eigenvalue weighted by atomic mass is 32.2. The Bertz CT molecular complexity index is 589. The van der Waals surface area contributed by atoms with Gasteiger partial charge in [-0.05, 0) is 36.6 Å². The number of sulfonamides is 1. The number of amides is 1. The molecule has 7 heteroatoms. The van der Waals surface area contributed by atoms with Gasteiger partial charge in [-0.25, -0.2) is 8.42 Å². The van der Waals surface area contributed by atoms with E-state index in [2.05, 4.69) is 10.0 Å². The molecule has 0 spiro atoms. The summed E-state index contributed by atoms with van der Waals surface area (Å²) in [7, 11) is -3.30. The maximum absolute atomic E-state index is 12.0. The lowest BCUT2D eigenvalue weighted by Crippen LogP contribution is -2.45. The Morgan fingerprint density at radius 2 is 1.67 bits per heavy atom. The number of hydrogen-bond acceptors (Lipinski definition) is 4. The van der Waals surface area contributed by atoms with Crippen molar-refractivity contribution < 1.29 is 13.2 Å². The molecule has 118 valence electrons. The molecule has 1 aromatic carbocycles. The van der Waals surface area contributed by atoms with E-state index in [0.717, 1.165) is 0 Å². The standard InChI is InChI=1S/C14H23N3O3S/c1-5-21(19,20)17-11-8-6-10(7-9-11)16-13(18)12(15)14(2,3)4/h6-9,12,17H,5,15H2,1-4H3,(H,16,18)/t12-/m0/s1. The third-order valence-electron chi connectivity index (χ3n) is 3.02. The van der Waals surface area contributed by atoms with Crippen molar-refractivity contribution in [2.24, 2.45) is 11.1 Å². The molecule has 0 heterocycles. The largest absolute Gasteiger partial charge is 0.325 e. The van der Waals surface area contributed by atoms with Crippen LogP contribution in [0.25, 0.3) is 0 Å². The second-order valence-electron chi connectivity index (χ2n) is 5.92. The Morgan fingerprint density at radius 1 is 1.19 bits per heavy atom. The van der Waals surface area contributed by atoms with Crippen LogP contribution in [-0.2, 0) is 14.8 Å². The number of nitrogens with two attached hydrogens (primary N) is 1. The van der Waals surface area contributed by atoms with Crippen LogP contribution in [0.1, 0.15) is 27.7 Å². The van der Waals surface area contributed by atoms with Gasteiger partial charge in [0, 0.05) is 11.4 Å². The van der Waals surface area contributed by atoms with E-state index in [-0.39, 0.29) is 17.1 Å². The highest BCUT2D eigenvalue weighted by Crippen LogP contribution is 2.20. The first-order valence-electron chi connectivity index (χ1n) is 6.72. The monoisotopic (exact) mass is 313 g/mol. The third kappa shape index (κ3) is 5.35. The SMILES string of the molecule is CCS(=O)(=O)Nc1ccc(NC(=O)[C@H](N)C(C)(C)C)cc1. The van der Waals surface area contributed by atoms with Crippen molar-refractivity contribution in [1.82, 2.24) is 0 Å². The first-order valence-corrected chi connectivity index (χ1v) is 8.37. The molecule has 0 saturated carbocycles. The molecule has 21 heavy (non-hydrogen) atoms. The van der Waals surface area contributed by atoms with Gasteiger partial charge in [0.05, 0.1) is 11.8 Å². The molecular formula is C14H23N3O3S. The van der Waals surface area contributed by atoms with Gasteiger partial charge in [0.25, 0.3) is 0 Å². The van der Waals surface area contributed by atoms with Gasteiger partial charge >= 0.3 is 0 Å². The van der Waals surface area contributed by atoms with Crippen LogP contribution in [0.2, 0.25) is 0 Å². The second-order valence-corrected chi connectivity index (χ2v) is 7.93. The van der Waals surface area contributed by atoms with Crippen LogP contribution in [-0.4, -0.2) is 26.1 Å². The second kappa shape index (κ2) is 6.44. The van der Waals surface area contributed by atoms with Crippen LogP contribution < -0.4 is 15.8 Å². The van der Waals surface area contributed by atoms with Crippen molar-refractivity contribution >= 4 is 27.3 Å². The van der Waals surface area contributed by atoms with Crippen molar-refractivity contribution in [1.29, 1.82) is 0 Å². The van der Waals surface area contributed by atoms with Crippen molar-refractivity contribution in [3.8, 4) is 0 Å². The number of nitrogens with one attached hydrogen (secondary N) is 2. The molecule has 0 aromatic heterocycles. The Hall–Kier alpha value is -1.60. The van der Waals surface area contributed by atoms with Crippen LogP contribution in [0.15, 0.2) is 24.3 Å². The molecule has 1 aromatic rings. The van der Waals surface area contributed by atoms with Crippen LogP contribution >= 0.6 is 0 Å². The van der Waals surface area contributed by atoms with Gasteiger partial charge in [0.15, 0.2) is 0 Å². The summed E-state index contributed by atoms with van der Waals surface area (Å²) in [5, 5.41) is 2.71. The molecule has 6 nitrogen and oxygen atoms in total. The van der Waals surface area contributed by atoms with Crippen molar-refractivity contribution in [2.75, 3.05) is 15.8 Å². The van der Waals surface area contributed by atoms with E-state index < -0.39 is 16.1 Å². The predicted molar refractivity (Wildman–Crippen MR) is 85.6 cm³/mol. The summed E-state index contributed by atoms with van der Waals surface area (Å²) in [5.41, 5.74) is 6.56. The fraction of sp³-hybridized carbons (Fsp3) is 0.500. The van der Waals surface area contributed by atoms with Gasteiger partial charge in [0.1, 0.15) is 0 Å². The molecule has 1 amide bonds. The van der Waals surface area contributed by atoms with Gasteiger partial charge in [-0.1, -0.05) is 20.8 Å². The lowest BCUT2D eigenvalue weighted by molar-refractivity contribution is -0.119. The van der Waals surface area contributed by atoms with Crippen LogP contribution in [0.4, 0.5) is 11.4 Å². The molecular weight excluding hydrogens is 290 g/mol. The lowest BCUT2D eigenvalue weighted by Gasteiger charge is -2.25. The summed E-state index contributed by atoms with van der Waals surface area (Å²) < 4.78 is 25.3. The number of hydrogen-bond donors (Lipinski definition) is 3. The summed E-state index contributed by atoms with van der Waals surface area (Å²) in [6, 6.07) is 5.80. The van der Waals surface area contributed by atoms with Gasteiger partial charge in [-0.15, -0.1) is 0 Å². The van der Waals surface area contributed by atoms with E-state index in [9.17, 15) is 13.2 Å². The van der Waals surface area contributed by atoms with Crippen LogP contribution in [0.3, 0.4) is 0 Å². The van der Waals surface area contributed by atoms with E-state index >= 15 is 0 Å². The maximum atomic E-state index is 12.0. The van der Waals surface area contributed by atoms with Crippen LogP contribution in [0.5, 0.6) is 0 Å². The molecule has 0 aliphatic rings. The van der Waals surface area contributed by atoms with Crippen LogP contribution in [0, 0.1) is 5.41 Å². The average molecular weight is 313 g/mol. The molecule has 1 atom stereocenters. The molecule has 0 fully saturated rings. The Labute approximate surface area is 126 Å². The molecule has 0 aliphatic carbocycles. The topological polar surface area (TPSA) is 101 Å². The fourth-order valence-electron chi connectivity index (χ4n) is 1.49. The number of rotatable bonds is 5. The van der Waals surface area contributed by atoms with E-state index in [1.54, 1.807) is 31.2 Å². The molecule has 0 aliphatic heterocycles. The zero-order valence-electron chi connectivity index (χ0n) is 12.8. The van der Waals surface area contributed by atoms with Gasteiger partial charge in [-0.2, -0.15) is 0 Å². The lowest BCUT2D eigenvalue weighted by atomic mass is 9.87. The van der Waals surface area contributed by atoms with Gasteiger partial charge < -0.3 is 11.1 Å². The zero-order chi connectivity index (χ0) is 16.3. The van der Waals surface area contributed by atoms with Crippen molar-refractivity contribution in [3.05, 3.63) is 24.3 Å². The number of benzene rings is 1. The van der Waals surface area contributed by atoms with Crippen molar-refractivity contribution in [2.45, 2.75) is 33.7 Å². The molecule has 0 unspecified atom stereocenters. The first-order chi connectivity index (χ1) is 9.55. The normalized spacial score (nSPS) is 13.6. The summed E-state index contributed by atoms with van der Waals surface area (Å²) in [6.07, 6.45) is 0. The minimum Gasteiger partial charge on any atom is -0.325 e. The minimum absolute atomic E-state index is 0.00588. The van der Waals surface area contributed by atoms with Gasteiger partial charge in [0.2, 0.25) is 15.9 Å². The highest BCUT2D eigenvalue weighted by molar-refractivity contribution is 7.92. The minimum atomic E-state index is -3.30. The molecule has 4 N–H and O–H groups in total. The fourth-order valence-corrected chi connectivity index (χ4v) is 2.13. The zero-order valence-corrected chi connectivity index (χ0v) is 13.6. The van der Waals surface area contributed by atoms with E-state index in [1.165, 1.54) is 0 Å². The number of anilines is 2. The number of carbonyl (C=O) groups excluding carboxylic acids is 1. The first kappa shape index (κ1) is 17.5. The summed E-state index contributed by atoms with van der Waals surface area (Å²) in [6.45, 7) is 7.23. The highest BCUT2D eigenvalue weighted by Gasteiger charge is 2.27. The number of carbonyl (C=O) groups is 1. The average Bonchev–Trinajstić information content (AvgIpc) is 2.38. The Kier molecular flexibility index (Phi) is 5.36. The van der Waals surface area contributed by atoms with Gasteiger partial charge in [-0.3, -0.25) is 9.52 Å². The Balaban J connectivity index is 2.74. The molecule has 0 bridgehead atoms. The molecule has 1 rings (SSSR count). The van der Waals surface area contributed by atoms with E-state index in [1.807, 2.05) is 20.8 Å². The Morgan fingerprint density at radius 3 is 2.10 bits per heavy atom.